The maximum absolute atomic E-state index is 5.64. The lowest BCUT2D eigenvalue weighted by Crippen LogP contribution is -2.39. The van der Waals surface area contributed by atoms with Gasteiger partial charge in [0.15, 0.2) is 0 Å². The molecule has 4 heteroatoms. The van der Waals surface area contributed by atoms with E-state index in [0.29, 0.717) is 11.9 Å². The van der Waals surface area contributed by atoms with Crippen molar-refractivity contribution >= 4 is 11.6 Å². The van der Waals surface area contributed by atoms with Crippen molar-refractivity contribution in [2.75, 3.05) is 19.8 Å². The molecule has 13 heavy (non-hydrogen) atoms. The summed E-state index contributed by atoms with van der Waals surface area (Å²) in [7, 11) is 0. The molecule has 0 unspecified atom stereocenters. The molecule has 0 spiro atoms. The van der Waals surface area contributed by atoms with Gasteiger partial charge in [0.25, 0.3) is 0 Å². The summed E-state index contributed by atoms with van der Waals surface area (Å²) in [6.07, 6.45) is 2.92. The Morgan fingerprint density at radius 1 is 1.46 bits per heavy atom. The van der Waals surface area contributed by atoms with Crippen LogP contribution in [0.4, 0.5) is 0 Å². The highest BCUT2D eigenvalue weighted by molar-refractivity contribution is 6.29. The van der Waals surface area contributed by atoms with Crippen LogP contribution in [0.25, 0.3) is 0 Å². The highest BCUT2D eigenvalue weighted by Crippen LogP contribution is 2.13. The summed E-state index contributed by atoms with van der Waals surface area (Å²) in [5.74, 6) is 0.774. The molecule has 1 aromatic rings. The molecule has 0 atom stereocenters. The van der Waals surface area contributed by atoms with Gasteiger partial charge in [0.2, 0.25) is 0 Å². The maximum atomic E-state index is 5.64. The first-order valence-corrected chi connectivity index (χ1v) is 4.69. The summed E-state index contributed by atoms with van der Waals surface area (Å²) in [5.41, 5.74) is 0. The maximum Gasteiger partial charge on any atom is 0.142 e. The van der Waals surface area contributed by atoms with Gasteiger partial charge in [0.1, 0.15) is 17.6 Å². The molecule has 70 valence electrons. The Kier molecular flexibility index (Phi) is 2.66. The summed E-state index contributed by atoms with van der Waals surface area (Å²) in [6.45, 7) is 2.94. The summed E-state index contributed by atoms with van der Waals surface area (Å²) < 4.78 is 5.47. The number of likely N-dealkylation sites (tertiary alicyclic amines) is 1. The molecule has 0 saturated carbocycles. The molecule has 1 fully saturated rings. The molecule has 1 saturated heterocycles. The Morgan fingerprint density at radius 2 is 2.31 bits per heavy atom. The monoisotopic (exact) mass is 198 g/mol. The fourth-order valence-corrected chi connectivity index (χ4v) is 1.24. The average Bonchev–Trinajstić information content (AvgIpc) is 2.05. The van der Waals surface area contributed by atoms with Gasteiger partial charge in [0.05, 0.1) is 6.20 Å². The fourth-order valence-electron chi connectivity index (χ4n) is 1.12. The zero-order chi connectivity index (χ0) is 9.10. The third-order valence-electron chi connectivity index (χ3n) is 2.06. The van der Waals surface area contributed by atoms with Crippen LogP contribution in [-0.4, -0.2) is 29.7 Å². The second-order valence-electron chi connectivity index (χ2n) is 3.06. The van der Waals surface area contributed by atoms with Crippen LogP contribution in [-0.2, 0) is 0 Å². The van der Waals surface area contributed by atoms with Crippen LogP contribution in [0, 0.1) is 0 Å². The molecular weight excluding hydrogens is 188 g/mol. The smallest absolute Gasteiger partial charge is 0.142 e. The largest absolute Gasteiger partial charge is 0.477 e. The number of aromatic nitrogens is 1. The zero-order valence-corrected chi connectivity index (χ0v) is 8.00. The Bertz CT molecular complexity index is 271. The normalized spacial score (nSPS) is 16.7. The molecule has 0 amide bonds. The van der Waals surface area contributed by atoms with E-state index in [4.69, 9.17) is 16.3 Å². The summed E-state index contributed by atoms with van der Waals surface area (Å²) in [4.78, 5) is 6.15. The molecule has 0 radical (unpaired) electrons. The Labute approximate surface area is 82.3 Å². The molecule has 0 aliphatic carbocycles. The topological polar surface area (TPSA) is 25.4 Å². The van der Waals surface area contributed by atoms with Crippen LogP contribution >= 0.6 is 11.6 Å². The zero-order valence-electron chi connectivity index (χ0n) is 7.24. The lowest BCUT2D eigenvalue weighted by atomic mass is 10.2. The van der Waals surface area contributed by atoms with Crippen molar-refractivity contribution in [2.45, 2.75) is 6.42 Å². The minimum Gasteiger partial charge on any atom is -0.477 e. The van der Waals surface area contributed by atoms with Gasteiger partial charge in [-0.3, -0.25) is 4.90 Å². The minimum absolute atomic E-state index is 0.497. The second-order valence-corrected chi connectivity index (χ2v) is 3.45. The molecule has 3 nitrogen and oxygen atoms in total. The molecule has 0 aromatic carbocycles. The SMILES string of the molecule is Clc1ccc(OCN2CCC2)cn1. The predicted molar refractivity (Wildman–Crippen MR) is 50.9 cm³/mol. The molecule has 1 aliphatic heterocycles. The molecule has 0 bridgehead atoms. The third-order valence-corrected chi connectivity index (χ3v) is 2.29. The van der Waals surface area contributed by atoms with Gasteiger partial charge in [-0.2, -0.15) is 0 Å². The number of hydrogen-bond donors (Lipinski definition) is 0. The number of hydrogen-bond acceptors (Lipinski definition) is 3. The Balaban J connectivity index is 1.83. The van der Waals surface area contributed by atoms with E-state index in [9.17, 15) is 0 Å². The van der Waals surface area contributed by atoms with Crippen molar-refractivity contribution in [3.05, 3.63) is 23.5 Å². The molecule has 1 aliphatic rings. The van der Waals surface area contributed by atoms with Gasteiger partial charge in [-0.25, -0.2) is 4.98 Å². The average molecular weight is 199 g/mol. The van der Waals surface area contributed by atoms with Gasteiger partial charge in [-0.15, -0.1) is 0 Å². The molecule has 1 aromatic heterocycles. The first kappa shape index (κ1) is 8.78. The van der Waals surface area contributed by atoms with Crippen LogP contribution < -0.4 is 4.74 Å². The summed E-state index contributed by atoms with van der Waals surface area (Å²) in [5, 5.41) is 0.497. The van der Waals surface area contributed by atoms with Crippen molar-refractivity contribution in [3.63, 3.8) is 0 Å². The second kappa shape index (κ2) is 3.94. The van der Waals surface area contributed by atoms with E-state index in [0.717, 1.165) is 18.8 Å². The Hall–Kier alpha value is -0.800. The van der Waals surface area contributed by atoms with Crippen LogP contribution in [0.5, 0.6) is 5.75 Å². The van der Waals surface area contributed by atoms with Gasteiger partial charge in [-0.05, 0) is 18.6 Å². The van der Waals surface area contributed by atoms with Gasteiger partial charge in [-0.1, -0.05) is 11.6 Å². The van der Waals surface area contributed by atoms with Crippen molar-refractivity contribution < 1.29 is 4.74 Å². The molecular formula is C9H11ClN2O. The van der Waals surface area contributed by atoms with Crippen molar-refractivity contribution in [2.24, 2.45) is 0 Å². The van der Waals surface area contributed by atoms with E-state index in [1.54, 1.807) is 12.3 Å². The van der Waals surface area contributed by atoms with Crippen molar-refractivity contribution in [3.8, 4) is 5.75 Å². The first-order chi connectivity index (χ1) is 6.34. The quantitative estimate of drug-likeness (QED) is 0.693. The van der Waals surface area contributed by atoms with Crippen LogP contribution in [0.3, 0.4) is 0 Å². The van der Waals surface area contributed by atoms with E-state index >= 15 is 0 Å². The minimum atomic E-state index is 0.497. The van der Waals surface area contributed by atoms with Crippen LogP contribution in [0.15, 0.2) is 18.3 Å². The van der Waals surface area contributed by atoms with Crippen LogP contribution in [0.1, 0.15) is 6.42 Å². The van der Waals surface area contributed by atoms with Crippen molar-refractivity contribution in [1.29, 1.82) is 0 Å². The van der Waals surface area contributed by atoms with E-state index in [1.165, 1.54) is 6.42 Å². The molecule has 0 N–H and O–H groups in total. The first-order valence-electron chi connectivity index (χ1n) is 4.31. The Morgan fingerprint density at radius 3 is 2.85 bits per heavy atom. The lowest BCUT2D eigenvalue weighted by molar-refractivity contribution is 0.0728. The van der Waals surface area contributed by atoms with E-state index < -0.39 is 0 Å². The highest BCUT2D eigenvalue weighted by atomic mass is 35.5. The number of halogens is 1. The van der Waals surface area contributed by atoms with E-state index in [2.05, 4.69) is 9.88 Å². The summed E-state index contributed by atoms with van der Waals surface area (Å²) in [6, 6.07) is 3.56. The lowest BCUT2D eigenvalue weighted by Gasteiger charge is -2.29. The molecule has 2 rings (SSSR count). The number of nitrogens with zero attached hydrogens (tertiary/aromatic N) is 2. The fraction of sp³-hybridized carbons (Fsp3) is 0.444. The summed E-state index contributed by atoms with van der Waals surface area (Å²) >= 11 is 5.64. The highest BCUT2D eigenvalue weighted by Gasteiger charge is 2.13. The molecule has 2 heterocycles. The predicted octanol–water partition coefficient (Wildman–Crippen LogP) is 1.78. The number of rotatable bonds is 3. The standard InChI is InChI=1S/C9H11ClN2O/c10-9-3-2-8(6-11-9)13-7-12-4-1-5-12/h2-3,6H,1,4-5,7H2. The van der Waals surface area contributed by atoms with E-state index in [-0.39, 0.29) is 0 Å². The number of ether oxygens (including phenoxy) is 1. The number of pyridine rings is 1. The third kappa shape index (κ3) is 2.32. The van der Waals surface area contributed by atoms with Gasteiger partial charge < -0.3 is 4.74 Å². The van der Waals surface area contributed by atoms with Gasteiger partial charge in [0, 0.05) is 13.1 Å². The van der Waals surface area contributed by atoms with Crippen LogP contribution in [0.2, 0.25) is 5.15 Å². The van der Waals surface area contributed by atoms with E-state index in [1.807, 2.05) is 6.07 Å². The van der Waals surface area contributed by atoms with Gasteiger partial charge >= 0.3 is 0 Å². The van der Waals surface area contributed by atoms with Crippen molar-refractivity contribution in [1.82, 2.24) is 9.88 Å².